The van der Waals surface area contributed by atoms with Crippen molar-refractivity contribution in [3.05, 3.63) is 0 Å². The number of carbonyl (C=O) groups is 2. The minimum Gasteiger partial charge on any atom is -0.465 e. The molecule has 1 atom stereocenters. The van der Waals surface area contributed by atoms with E-state index in [9.17, 15) is 9.59 Å². The first kappa shape index (κ1) is 17.6. The Morgan fingerprint density at radius 1 is 1.24 bits per heavy atom. The summed E-state index contributed by atoms with van der Waals surface area (Å²) < 4.78 is 5.38. The van der Waals surface area contributed by atoms with Gasteiger partial charge in [-0.15, -0.1) is 0 Å². The van der Waals surface area contributed by atoms with Crippen molar-refractivity contribution in [3.8, 4) is 0 Å². The third-order valence-corrected chi connectivity index (χ3v) is 3.33. The van der Waals surface area contributed by atoms with E-state index >= 15 is 0 Å². The summed E-state index contributed by atoms with van der Waals surface area (Å²) in [5, 5.41) is 17.9. The van der Waals surface area contributed by atoms with Crippen LogP contribution >= 0.6 is 0 Å². The fourth-order valence-corrected chi connectivity index (χ4v) is 2.33. The van der Waals surface area contributed by atoms with Gasteiger partial charge in [-0.05, 0) is 40.0 Å². The quantitative estimate of drug-likeness (QED) is 0.772. The van der Waals surface area contributed by atoms with E-state index in [2.05, 4.69) is 0 Å². The van der Waals surface area contributed by atoms with Gasteiger partial charge in [-0.25, -0.2) is 9.59 Å². The van der Waals surface area contributed by atoms with Crippen LogP contribution in [0.2, 0.25) is 0 Å². The van der Waals surface area contributed by atoms with Gasteiger partial charge in [0.1, 0.15) is 5.60 Å². The molecule has 1 rings (SSSR count). The number of unbranched alkanes of at least 4 members (excludes halogenated alkanes) is 1. The van der Waals surface area contributed by atoms with Gasteiger partial charge in [-0.3, -0.25) is 0 Å². The highest BCUT2D eigenvalue weighted by atomic mass is 16.6. The maximum absolute atomic E-state index is 12.2. The molecule has 0 saturated carbocycles. The van der Waals surface area contributed by atoms with Crippen LogP contribution in [-0.2, 0) is 4.74 Å². The zero-order chi connectivity index (χ0) is 16.0. The number of hydrogen-bond donors (Lipinski definition) is 2. The second kappa shape index (κ2) is 7.49. The van der Waals surface area contributed by atoms with Gasteiger partial charge < -0.3 is 24.7 Å². The predicted octanol–water partition coefficient (Wildman–Crippen LogP) is 1.75. The number of nitrogens with zero attached hydrogens (tertiary/aromatic N) is 2. The molecule has 0 aliphatic carbocycles. The first-order valence-electron chi connectivity index (χ1n) is 7.33. The Hall–Kier alpha value is -1.50. The zero-order valence-electron chi connectivity index (χ0n) is 13.0. The zero-order valence-corrected chi connectivity index (χ0v) is 13.0. The van der Waals surface area contributed by atoms with Crippen molar-refractivity contribution < 1.29 is 24.5 Å². The number of carbonyl (C=O) groups excluding carboxylic acids is 1. The van der Waals surface area contributed by atoms with Crippen LogP contribution in [0.25, 0.3) is 0 Å². The summed E-state index contributed by atoms with van der Waals surface area (Å²) in [5.74, 6) is 0. The lowest BCUT2D eigenvalue weighted by molar-refractivity contribution is -0.00181. The molecule has 21 heavy (non-hydrogen) atoms. The predicted molar refractivity (Wildman–Crippen MR) is 77.3 cm³/mol. The Morgan fingerprint density at radius 3 is 2.43 bits per heavy atom. The standard InChI is InChI=1S/C14H26N2O5/c1-14(2,3)21-13(20)16-8-7-15(12(18)19)10-11(16)6-4-5-9-17/h11,17H,4-10H2,1-3H3,(H,18,19). The average molecular weight is 302 g/mol. The topological polar surface area (TPSA) is 90.3 Å². The Bertz CT molecular complexity index is 367. The highest BCUT2D eigenvalue weighted by molar-refractivity contribution is 5.70. The van der Waals surface area contributed by atoms with Crippen LogP contribution in [0.15, 0.2) is 0 Å². The fraction of sp³-hybridized carbons (Fsp3) is 0.857. The van der Waals surface area contributed by atoms with Crippen LogP contribution in [0.4, 0.5) is 9.59 Å². The van der Waals surface area contributed by atoms with Gasteiger partial charge in [0.05, 0.1) is 6.04 Å². The van der Waals surface area contributed by atoms with Crippen molar-refractivity contribution >= 4 is 12.2 Å². The number of carboxylic acid groups (broad SMARTS) is 1. The molecule has 0 spiro atoms. The lowest BCUT2D eigenvalue weighted by atomic mass is 10.1. The van der Waals surface area contributed by atoms with Crippen molar-refractivity contribution in [1.82, 2.24) is 9.80 Å². The average Bonchev–Trinajstić information content (AvgIpc) is 2.36. The Kier molecular flexibility index (Phi) is 6.26. The molecule has 2 amide bonds. The van der Waals surface area contributed by atoms with E-state index in [4.69, 9.17) is 14.9 Å². The van der Waals surface area contributed by atoms with Gasteiger partial charge in [0, 0.05) is 26.2 Å². The first-order chi connectivity index (χ1) is 9.74. The smallest absolute Gasteiger partial charge is 0.410 e. The number of hydrogen-bond acceptors (Lipinski definition) is 4. The van der Waals surface area contributed by atoms with Crippen LogP contribution < -0.4 is 0 Å². The van der Waals surface area contributed by atoms with E-state index in [0.29, 0.717) is 32.5 Å². The van der Waals surface area contributed by atoms with Crippen LogP contribution in [0, 0.1) is 0 Å². The van der Waals surface area contributed by atoms with Gasteiger partial charge >= 0.3 is 12.2 Å². The normalized spacial score (nSPS) is 19.5. The molecule has 1 aliphatic heterocycles. The highest BCUT2D eigenvalue weighted by Gasteiger charge is 2.34. The summed E-state index contributed by atoms with van der Waals surface area (Å²) in [4.78, 5) is 26.2. The van der Waals surface area contributed by atoms with Gasteiger partial charge in [-0.2, -0.15) is 0 Å². The largest absolute Gasteiger partial charge is 0.465 e. The summed E-state index contributed by atoms with van der Waals surface area (Å²) in [5.41, 5.74) is -0.573. The SMILES string of the molecule is CC(C)(C)OC(=O)N1CCN(C(=O)O)CC1CCCCO. The third-order valence-electron chi connectivity index (χ3n) is 3.33. The number of ether oxygens (including phenoxy) is 1. The summed E-state index contributed by atoms with van der Waals surface area (Å²) in [7, 11) is 0. The molecule has 0 aromatic rings. The van der Waals surface area contributed by atoms with Crippen molar-refractivity contribution in [1.29, 1.82) is 0 Å². The molecule has 0 aromatic carbocycles. The number of aliphatic hydroxyl groups is 1. The monoisotopic (exact) mass is 302 g/mol. The van der Waals surface area contributed by atoms with E-state index in [1.54, 1.807) is 25.7 Å². The molecule has 122 valence electrons. The van der Waals surface area contributed by atoms with Gasteiger partial charge in [0.2, 0.25) is 0 Å². The molecule has 1 fully saturated rings. The summed E-state index contributed by atoms with van der Waals surface area (Å²) in [6, 6.07) is -0.198. The molecule has 7 nitrogen and oxygen atoms in total. The Labute approximate surface area is 125 Å². The maximum atomic E-state index is 12.2. The maximum Gasteiger partial charge on any atom is 0.410 e. The second-order valence-electron chi connectivity index (χ2n) is 6.28. The minimum atomic E-state index is -0.967. The lowest BCUT2D eigenvalue weighted by Crippen LogP contribution is -2.57. The molecular formula is C14H26N2O5. The molecule has 2 N–H and O–H groups in total. The van der Waals surface area contributed by atoms with E-state index < -0.39 is 17.8 Å². The summed E-state index contributed by atoms with van der Waals surface area (Å²) in [6.07, 6.45) is 0.677. The Balaban J connectivity index is 2.69. The first-order valence-corrected chi connectivity index (χ1v) is 7.33. The van der Waals surface area contributed by atoms with E-state index in [1.807, 2.05) is 0 Å². The molecule has 0 bridgehead atoms. The number of amides is 2. The Morgan fingerprint density at radius 2 is 1.90 bits per heavy atom. The third kappa shape index (κ3) is 5.79. The molecule has 1 unspecified atom stereocenters. The fourth-order valence-electron chi connectivity index (χ4n) is 2.33. The number of rotatable bonds is 4. The lowest BCUT2D eigenvalue weighted by Gasteiger charge is -2.40. The summed E-state index contributed by atoms with van der Waals surface area (Å²) >= 11 is 0. The van der Waals surface area contributed by atoms with Crippen LogP contribution in [0.5, 0.6) is 0 Å². The summed E-state index contributed by atoms with van der Waals surface area (Å²) in [6.45, 7) is 6.44. The van der Waals surface area contributed by atoms with E-state index in [0.717, 1.165) is 6.42 Å². The van der Waals surface area contributed by atoms with Crippen molar-refractivity contribution in [3.63, 3.8) is 0 Å². The molecular weight excluding hydrogens is 276 g/mol. The van der Waals surface area contributed by atoms with Crippen molar-refractivity contribution in [2.45, 2.75) is 51.7 Å². The highest BCUT2D eigenvalue weighted by Crippen LogP contribution is 2.19. The van der Waals surface area contributed by atoms with Crippen LogP contribution in [-0.4, -0.2) is 70.1 Å². The van der Waals surface area contributed by atoms with Crippen LogP contribution in [0.1, 0.15) is 40.0 Å². The van der Waals surface area contributed by atoms with E-state index in [1.165, 1.54) is 4.90 Å². The minimum absolute atomic E-state index is 0.0990. The molecule has 1 saturated heterocycles. The van der Waals surface area contributed by atoms with Gasteiger partial charge in [0.15, 0.2) is 0 Å². The molecule has 1 aliphatic rings. The van der Waals surface area contributed by atoms with Gasteiger partial charge in [-0.1, -0.05) is 0 Å². The molecule has 0 radical (unpaired) electrons. The number of aliphatic hydroxyl groups excluding tert-OH is 1. The number of piperazine rings is 1. The van der Waals surface area contributed by atoms with Crippen molar-refractivity contribution in [2.75, 3.05) is 26.2 Å². The molecule has 1 heterocycles. The van der Waals surface area contributed by atoms with Gasteiger partial charge in [0.25, 0.3) is 0 Å². The van der Waals surface area contributed by atoms with Crippen molar-refractivity contribution in [2.24, 2.45) is 0 Å². The second-order valence-corrected chi connectivity index (χ2v) is 6.28. The molecule has 0 aromatic heterocycles. The molecule has 7 heteroatoms. The van der Waals surface area contributed by atoms with Crippen LogP contribution in [0.3, 0.4) is 0 Å². The van der Waals surface area contributed by atoms with E-state index in [-0.39, 0.29) is 12.6 Å².